The molecule has 16 heteroatoms. The van der Waals surface area contributed by atoms with E-state index in [1.165, 1.54) is 26.8 Å². The van der Waals surface area contributed by atoms with E-state index in [2.05, 4.69) is 25.2 Å². The predicted molar refractivity (Wildman–Crippen MR) is 175 cm³/mol. The van der Waals surface area contributed by atoms with Crippen molar-refractivity contribution in [3.8, 4) is 28.3 Å². The van der Waals surface area contributed by atoms with Gasteiger partial charge in [0.2, 0.25) is 12.1 Å². The number of aromatic carboxylic acids is 1. The van der Waals surface area contributed by atoms with Crippen molar-refractivity contribution in [3.05, 3.63) is 101 Å². The van der Waals surface area contributed by atoms with E-state index >= 15 is 0 Å². The van der Waals surface area contributed by atoms with Gasteiger partial charge in [0.05, 0.1) is 5.39 Å². The highest BCUT2D eigenvalue weighted by atomic mass is 17.1. The molecule has 1 atom stereocenters. The molecule has 4 N–H and O–H groups in total. The molecule has 0 saturated heterocycles. The monoisotopic (exact) mass is 687 g/mol. The third-order valence-electron chi connectivity index (χ3n) is 7.60. The maximum Gasteiger partial charge on any atom is 0.515 e. The molecule has 0 aliphatic carbocycles. The summed E-state index contributed by atoms with van der Waals surface area (Å²) in [5.41, 5.74) is 2.18. The molecule has 50 heavy (non-hydrogen) atoms. The molecule has 2 aromatic heterocycles. The Balaban J connectivity index is 1.32. The van der Waals surface area contributed by atoms with Crippen LogP contribution < -0.4 is 4.74 Å². The highest BCUT2D eigenvalue weighted by molar-refractivity contribution is 5.87. The van der Waals surface area contributed by atoms with E-state index in [9.17, 15) is 19.8 Å². The fourth-order valence-corrected chi connectivity index (χ4v) is 5.27. The number of para-hydroxylation sites is 1. The number of carbonyl (C=O) groups excluding carboxylic acids is 1. The van der Waals surface area contributed by atoms with Gasteiger partial charge in [-0.1, -0.05) is 73.7 Å². The highest BCUT2D eigenvalue weighted by Crippen LogP contribution is 2.31. The van der Waals surface area contributed by atoms with Crippen LogP contribution in [-0.4, -0.2) is 67.9 Å². The number of imidazole rings is 1. The molecule has 262 valence electrons. The second-order valence-corrected chi connectivity index (χ2v) is 11.8. The Morgan fingerprint density at radius 1 is 0.980 bits per heavy atom. The molecule has 3 aromatic carbocycles. The summed E-state index contributed by atoms with van der Waals surface area (Å²) in [4.78, 5) is 35.1. The van der Waals surface area contributed by atoms with Crippen LogP contribution in [-0.2, 0) is 34.7 Å². The Labute approximate surface area is 286 Å². The molecule has 0 aliphatic rings. The average Bonchev–Trinajstić information content (AvgIpc) is 3.71. The fraction of sp³-hybridized carbons (Fsp3) is 0.294. The lowest BCUT2D eigenvalue weighted by molar-refractivity contribution is -0.497. The first kappa shape index (κ1) is 35.8. The largest absolute Gasteiger partial charge is 0.515 e. The zero-order chi connectivity index (χ0) is 36.0. The van der Waals surface area contributed by atoms with Crippen molar-refractivity contribution in [1.29, 1.82) is 0 Å². The molecule has 0 saturated carbocycles. The molecule has 0 amide bonds. The summed E-state index contributed by atoms with van der Waals surface area (Å²) in [7, 11) is 0. The van der Waals surface area contributed by atoms with Gasteiger partial charge in [-0.25, -0.2) is 19.4 Å². The van der Waals surface area contributed by atoms with Crippen molar-refractivity contribution in [2.75, 3.05) is 0 Å². The van der Waals surface area contributed by atoms with Crippen LogP contribution in [0.5, 0.6) is 5.75 Å². The molecule has 16 nitrogen and oxygen atoms in total. The Kier molecular flexibility index (Phi) is 11.0. The number of aryl methyl sites for hydroxylation is 1. The quantitative estimate of drug-likeness (QED) is 0.0657. The van der Waals surface area contributed by atoms with Crippen LogP contribution >= 0.6 is 0 Å². The van der Waals surface area contributed by atoms with Gasteiger partial charge in [0.25, 0.3) is 0 Å². The maximum atomic E-state index is 12.6. The van der Waals surface area contributed by atoms with E-state index in [1.54, 1.807) is 22.8 Å². The van der Waals surface area contributed by atoms with Crippen molar-refractivity contribution in [3.63, 3.8) is 0 Å². The van der Waals surface area contributed by atoms with Gasteiger partial charge in [0.1, 0.15) is 29.5 Å². The first-order chi connectivity index (χ1) is 23.8. The second-order valence-electron chi connectivity index (χ2n) is 11.8. The van der Waals surface area contributed by atoms with Crippen LogP contribution in [0.3, 0.4) is 0 Å². The number of hydrogen-bond acceptors (Lipinski definition) is 13. The lowest BCUT2D eigenvalue weighted by Crippen LogP contribution is -2.22. The normalized spacial score (nSPS) is 12.2. The minimum absolute atomic E-state index is 0.0347. The molecule has 2 heterocycles. The van der Waals surface area contributed by atoms with Crippen LogP contribution in [0.1, 0.15) is 73.5 Å². The van der Waals surface area contributed by atoms with Gasteiger partial charge in [0, 0.05) is 24.1 Å². The number of nitrogens with zero attached hydrogens (tertiary/aromatic N) is 7. The molecule has 0 spiro atoms. The fourth-order valence-electron chi connectivity index (χ4n) is 5.27. The van der Waals surface area contributed by atoms with Crippen molar-refractivity contribution in [2.24, 2.45) is 0 Å². The maximum absolute atomic E-state index is 12.6. The number of aliphatic hydroxyl groups is 1. The SMILES string of the molecule is CCCc1nc(C(C)(C)O)c(C(=O)O)n1Cc1ccc(-c2ccccc2-c2nnn(C(C)OC(=O)Oc3ccccc3CON(O)O)n2)cc1. The minimum atomic E-state index is -1.42. The second kappa shape index (κ2) is 15.4. The van der Waals surface area contributed by atoms with Gasteiger partial charge < -0.3 is 24.3 Å². The third kappa shape index (κ3) is 8.36. The first-order valence-electron chi connectivity index (χ1n) is 15.7. The standard InChI is InChI=1S/C34H37N7O9/c1-5-10-28-35-30(34(3,4)45)29(32(42)43)39(28)19-22-15-17-23(18-16-22)25-12-7-8-13-26(25)31-36-38-40(37-31)21(2)49-33(44)50-27-14-9-6-11-24(27)20-48-41(46)47/h6-9,11-18,21,45-47H,5,10,19-20H2,1-4H3,(H,42,43). The topological polar surface area (TPSA) is 207 Å². The smallest absolute Gasteiger partial charge is 0.477 e. The van der Waals surface area contributed by atoms with E-state index in [0.717, 1.165) is 27.9 Å². The minimum Gasteiger partial charge on any atom is -0.477 e. The molecule has 5 rings (SSSR count). The number of rotatable bonds is 14. The summed E-state index contributed by atoms with van der Waals surface area (Å²) in [5.74, 6) is -0.198. The third-order valence-corrected chi connectivity index (χ3v) is 7.60. The summed E-state index contributed by atoms with van der Waals surface area (Å²) >= 11 is 0. The van der Waals surface area contributed by atoms with Crippen LogP contribution in [0.2, 0.25) is 0 Å². The molecular formula is C34H37N7O9. The number of aromatic nitrogens is 6. The van der Waals surface area contributed by atoms with Crippen molar-refractivity contribution in [1.82, 2.24) is 35.1 Å². The Hall–Kier alpha value is -5.52. The van der Waals surface area contributed by atoms with Crippen molar-refractivity contribution < 1.29 is 44.5 Å². The van der Waals surface area contributed by atoms with Gasteiger partial charge in [-0.3, -0.25) is 10.4 Å². The molecule has 5 aromatic rings. The Bertz CT molecular complexity index is 1950. The van der Waals surface area contributed by atoms with E-state index in [1.807, 2.05) is 55.5 Å². The summed E-state index contributed by atoms with van der Waals surface area (Å²) < 4.78 is 12.3. The van der Waals surface area contributed by atoms with Gasteiger partial charge in [0.15, 0.2) is 5.69 Å². The number of carboxylic acids is 1. The summed E-state index contributed by atoms with van der Waals surface area (Å²) in [6.07, 6.45) is -0.748. The number of ether oxygens (including phenoxy) is 2. The van der Waals surface area contributed by atoms with Gasteiger partial charge in [-0.2, -0.15) is 0 Å². The van der Waals surface area contributed by atoms with Crippen LogP contribution in [0.25, 0.3) is 22.5 Å². The van der Waals surface area contributed by atoms with E-state index in [-0.39, 0.29) is 36.1 Å². The summed E-state index contributed by atoms with van der Waals surface area (Å²) in [6, 6.07) is 21.4. The molecule has 0 radical (unpaired) electrons. The predicted octanol–water partition coefficient (Wildman–Crippen LogP) is 5.38. The highest BCUT2D eigenvalue weighted by Gasteiger charge is 2.31. The number of hydrogen-bond donors (Lipinski definition) is 4. The van der Waals surface area contributed by atoms with Crippen LogP contribution in [0.4, 0.5) is 4.79 Å². The van der Waals surface area contributed by atoms with Gasteiger partial charge >= 0.3 is 12.1 Å². The number of benzene rings is 3. The van der Waals surface area contributed by atoms with E-state index in [4.69, 9.17) is 19.9 Å². The molecular weight excluding hydrogens is 650 g/mol. The average molecular weight is 688 g/mol. The molecule has 0 fully saturated rings. The molecule has 0 aliphatic heterocycles. The first-order valence-corrected chi connectivity index (χ1v) is 15.7. The number of carboxylic acid groups (broad SMARTS) is 1. The van der Waals surface area contributed by atoms with Gasteiger partial charge in [-0.05, 0) is 55.2 Å². The lowest BCUT2D eigenvalue weighted by atomic mass is 9.98. The lowest BCUT2D eigenvalue weighted by Gasteiger charge is -2.16. The zero-order valence-electron chi connectivity index (χ0n) is 27.8. The van der Waals surface area contributed by atoms with Gasteiger partial charge in [-0.15, -0.1) is 15.0 Å². The zero-order valence-corrected chi connectivity index (χ0v) is 27.8. The van der Waals surface area contributed by atoms with E-state index in [0.29, 0.717) is 23.4 Å². The van der Waals surface area contributed by atoms with Crippen molar-refractivity contribution >= 4 is 12.1 Å². The number of carbonyl (C=O) groups is 2. The molecule has 0 bridgehead atoms. The Morgan fingerprint density at radius 3 is 2.32 bits per heavy atom. The van der Waals surface area contributed by atoms with Crippen LogP contribution in [0.15, 0.2) is 72.8 Å². The number of tetrazole rings is 1. The Morgan fingerprint density at radius 2 is 1.66 bits per heavy atom. The summed E-state index contributed by atoms with van der Waals surface area (Å²) in [6.45, 7) is 6.53. The van der Waals surface area contributed by atoms with Crippen LogP contribution in [0, 0.1) is 0 Å². The van der Waals surface area contributed by atoms with Crippen molar-refractivity contribution in [2.45, 2.75) is 65.5 Å². The molecule has 1 unspecified atom stereocenters. The summed E-state index contributed by atoms with van der Waals surface area (Å²) in [5, 5.41) is 50.5. The van der Waals surface area contributed by atoms with E-state index < -0.39 is 29.3 Å².